The fourth-order valence-corrected chi connectivity index (χ4v) is 4.57. The number of ether oxygens (including phenoxy) is 1. The van der Waals surface area contributed by atoms with E-state index in [0.29, 0.717) is 28.6 Å². The largest absolute Gasteiger partial charge is 0.495 e. The normalized spacial score (nSPS) is 19.7. The molecule has 0 N–H and O–H groups in total. The van der Waals surface area contributed by atoms with Crippen molar-refractivity contribution in [2.24, 2.45) is 5.92 Å². The Morgan fingerprint density at radius 3 is 2.50 bits per heavy atom. The summed E-state index contributed by atoms with van der Waals surface area (Å²) in [4.78, 5) is 30.8. The molecule has 30 heavy (non-hydrogen) atoms. The van der Waals surface area contributed by atoms with Crippen LogP contribution in [0.2, 0.25) is 0 Å². The van der Waals surface area contributed by atoms with Gasteiger partial charge in [0.05, 0.1) is 18.4 Å². The summed E-state index contributed by atoms with van der Waals surface area (Å²) >= 11 is 0. The van der Waals surface area contributed by atoms with Crippen molar-refractivity contribution in [2.75, 3.05) is 25.1 Å². The SMILES string of the molecule is COc1ccccc1N1C(=O)C(c2ccc(C)cc2C)=C(N2CCCC(C)C2)C1=O. The Bertz CT molecular complexity index is 1040. The molecule has 0 bridgehead atoms. The first-order valence-electron chi connectivity index (χ1n) is 10.5. The van der Waals surface area contributed by atoms with Crippen molar-refractivity contribution in [3.63, 3.8) is 0 Å². The number of likely N-dealkylation sites (tertiary alicyclic amines) is 1. The third-order valence-electron chi connectivity index (χ3n) is 6.01. The van der Waals surface area contributed by atoms with Gasteiger partial charge >= 0.3 is 0 Å². The number of aryl methyl sites for hydroxylation is 2. The minimum atomic E-state index is -0.287. The van der Waals surface area contributed by atoms with Crippen LogP contribution in [0.3, 0.4) is 0 Å². The maximum absolute atomic E-state index is 13.7. The molecule has 1 unspecified atom stereocenters. The molecule has 2 aromatic carbocycles. The lowest BCUT2D eigenvalue weighted by atomic mass is 9.95. The van der Waals surface area contributed by atoms with Gasteiger partial charge in [0.1, 0.15) is 11.4 Å². The second-order valence-electron chi connectivity index (χ2n) is 8.35. The monoisotopic (exact) mass is 404 g/mol. The summed E-state index contributed by atoms with van der Waals surface area (Å²) in [6, 6.07) is 13.2. The fourth-order valence-electron chi connectivity index (χ4n) is 4.57. The van der Waals surface area contributed by atoms with Crippen molar-refractivity contribution in [3.8, 4) is 5.75 Å². The molecule has 0 aromatic heterocycles. The minimum absolute atomic E-state index is 0.270. The van der Waals surface area contributed by atoms with Gasteiger partial charge < -0.3 is 9.64 Å². The van der Waals surface area contributed by atoms with Crippen LogP contribution in [0.25, 0.3) is 5.57 Å². The summed E-state index contributed by atoms with van der Waals surface area (Å²) in [7, 11) is 1.55. The molecule has 2 aromatic rings. The summed E-state index contributed by atoms with van der Waals surface area (Å²) in [6.45, 7) is 7.79. The number of imide groups is 1. The number of hydrogen-bond acceptors (Lipinski definition) is 4. The zero-order chi connectivity index (χ0) is 21.4. The van der Waals surface area contributed by atoms with E-state index in [1.54, 1.807) is 19.2 Å². The van der Waals surface area contributed by atoms with Crippen molar-refractivity contribution in [1.29, 1.82) is 0 Å². The van der Waals surface area contributed by atoms with Gasteiger partial charge in [-0.25, -0.2) is 4.90 Å². The van der Waals surface area contributed by atoms with Crippen molar-refractivity contribution in [2.45, 2.75) is 33.6 Å². The maximum Gasteiger partial charge on any atom is 0.282 e. The number of methoxy groups -OCH3 is 1. The molecule has 0 aliphatic carbocycles. The number of benzene rings is 2. The Morgan fingerprint density at radius 2 is 1.80 bits per heavy atom. The lowest BCUT2D eigenvalue weighted by molar-refractivity contribution is -0.120. The molecular weight excluding hydrogens is 376 g/mol. The number of nitrogens with zero attached hydrogens (tertiary/aromatic N) is 2. The maximum atomic E-state index is 13.7. The van der Waals surface area contributed by atoms with E-state index in [2.05, 4.69) is 17.9 Å². The Morgan fingerprint density at radius 1 is 1.03 bits per heavy atom. The molecule has 0 spiro atoms. The minimum Gasteiger partial charge on any atom is -0.495 e. The lowest BCUT2D eigenvalue weighted by Gasteiger charge is -2.33. The van der Waals surface area contributed by atoms with Gasteiger partial charge in [-0.3, -0.25) is 9.59 Å². The molecule has 2 aliphatic heterocycles. The van der Waals surface area contributed by atoms with Crippen LogP contribution in [-0.4, -0.2) is 36.9 Å². The number of para-hydroxylation sites is 2. The van der Waals surface area contributed by atoms with Gasteiger partial charge in [0.15, 0.2) is 0 Å². The predicted molar refractivity (Wildman–Crippen MR) is 118 cm³/mol. The van der Waals surface area contributed by atoms with E-state index < -0.39 is 0 Å². The number of amides is 2. The molecule has 2 amide bonds. The number of anilines is 1. The van der Waals surface area contributed by atoms with Gasteiger partial charge in [-0.2, -0.15) is 0 Å². The third-order valence-corrected chi connectivity index (χ3v) is 6.01. The molecule has 2 heterocycles. The summed E-state index contributed by atoms with van der Waals surface area (Å²) in [5.41, 5.74) is 4.45. The van der Waals surface area contributed by atoms with Crippen molar-refractivity contribution >= 4 is 23.1 Å². The van der Waals surface area contributed by atoms with Crippen molar-refractivity contribution in [3.05, 3.63) is 64.9 Å². The first-order valence-corrected chi connectivity index (χ1v) is 10.5. The quantitative estimate of drug-likeness (QED) is 0.712. The average molecular weight is 405 g/mol. The van der Waals surface area contributed by atoms with Gasteiger partial charge in [-0.15, -0.1) is 0 Å². The molecule has 156 valence electrons. The van der Waals surface area contributed by atoms with E-state index in [9.17, 15) is 9.59 Å². The summed E-state index contributed by atoms with van der Waals surface area (Å²) in [6.07, 6.45) is 2.15. The number of rotatable bonds is 4. The van der Waals surface area contributed by atoms with Crippen LogP contribution in [0.1, 0.15) is 36.5 Å². The standard InChI is InChI=1S/C25H28N2O3/c1-16-11-12-19(18(3)14-16)22-23(26-13-7-8-17(2)15-26)25(29)27(24(22)28)20-9-5-6-10-21(20)30-4/h5-6,9-12,14,17H,7-8,13,15H2,1-4H3. The third kappa shape index (κ3) is 3.38. The summed E-state index contributed by atoms with van der Waals surface area (Å²) in [5.74, 6) is 0.431. The van der Waals surface area contributed by atoms with Gasteiger partial charge in [0, 0.05) is 13.1 Å². The van der Waals surface area contributed by atoms with E-state index in [-0.39, 0.29) is 11.8 Å². The summed E-state index contributed by atoms with van der Waals surface area (Å²) in [5, 5.41) is 0. The van der Waals surface area contributed by atoms with Crippen LogP contribution in [-0.2, 0) is 9.59 Å². The first kappa shape index (κ1) is 20.2. The number of hydrogen-bond donors (Lipinski definition) is 0. The highest BCUT2D eigenvalue weighted by Gasteiger charge is 2.44. The van der Waals surface area contributed by atoms with Gasteiger partial charge in [-0.05, 0) is 55.9 Å². The van der Waals surface area contributed by atoms with E-state index in [1.165, 1.54) is 4.90 Å². The molecule has 0 radical (unpaired) electrons. The molecule has 1 saturated heterocycles. The Balaban J connectivity index is 1.88. The van der Waals surface area contributed by atoms with Gasteiger partial charge in [-0.1, -0.05) is 42.8 Å². The van der Waals surface area contributed by atoms with Crippen molar-refractivity contribution in [1.82, 2.24) is 4.90 Å². The van der Waals surface area contributed by atoms with Crippen LogP contribution >= 0.6 is 0 Å². The average Bonchev–Trinajstić information content (AvgIpc) is 2.98. The molecule has 0 saturated carbocycles. The van der Waals surface area contributed by atoms with Gasteiger partial charge in [0.25, 0.3) is 11.8 Å². The molecule has 5 heteroatoms. The number of piperidine rings is 1. The van der Waals surface area contributed by atoms with Crippen LogP contribution in [0.5, 0.6) is 5.75 Å². The highest BCUT2D eigenvalue weighted by molar-refractivity contribution is 6.45. The van der Waals surface area contributed by atoms with E-state index in [4.69, 9.17) is 4.74 Å². The van der Waals surface area contributed by atoms with E-state index in [0.717, 1.165) is 42.6 Å². The first-order chi connectivity index (χ1) is 14.4. The van der Waals surface area contributed by atoms with Gasteiger partial charge in [0.2, 0.25) is 0 Å². The molecule has 5 nitrogen and oxygen atoms in total. The summed E-state index contributed by atoms with van der Waals surface area (Å²) < 4.78 is 5.45. The van der Waals surface area contributed by atoms with Crippen LogP contribution in [0, 0.1) is 19.8 Å². The highest BCUT2D eigenvalue weighted by atomic mass is 16.5. The molecular formula is C25H28N2O3. The van der Waals surface area contributed by atoms with E-state index >= 15 is 0 Å². The van der Waals surface area contributed by atoms with Crippen LogP contribution < -0.4 is 9.64 Å². The fraction of sp³-hybridized carbons (Fsp3) is 0.360. The molecule has 1 atom stereocenters. The number of carbonyl (C=O) groups is 2. The van der Waals surface area contributed by atoms with Crippen LogP contribution in [0.4, 0.5) is 5.69 Å². The van der Waals surface area contributed by atoms with Crippen LogP contribution in [0.15, 0.2) is 48.2 Å². The second-order valence-corrected chi connectivity index (χ2v) is 8.35. The number of carbonyl (C=O) groups excluding carboxylic acids is 2. The zero-order valence-electron chi connectivity index (χ0n) is 18.1. The second kappa shape index (κ2) is 7.98. The molecule has 1 fully saturated rings. The van der Waals surface area contributed by atoms with E-state index in [1.807, 2.05) is 38.1 Å². The molecule has 2 aliphatic rings. The lowest BCUT2D eigenvalue weighted by Crippen LogP contribution is -2.39. The van der Waals surface area contributed by atoms with Crippen molar-refractivity contribution < 1.29 is 14.3 Å². The Hall–Kier alpha value is -3.08. The smallest absolute Gasteiger partial charge is 0.282 e. The zero-order valence-corrected chi connectivity index (χ0v) is 18.1. The topological polar surface area (TPSA) is 49.9 Å². The highest BCUT2D eigenvalue weighted by Crippen LogP contribution is 2.40. The molecule has 4 rings (SSSR count). The Kier molecular flexibility index (Phi) is 5.37. The Labute approximate surface area is 177 Å². The predicted octanol–water partition coefficient (Wildman–Crippen LogP) is 4.33.